The first-order chi connectivity index (χ1) is 15.4. The van der Waals surface area contributed by atoms with Crippen LogP contribution < -0.4 is 5.32 Å². The fourth-order valence-electron chi connectivity index (χ4n) is 3.97. The number of hydrogen-bond acceptors (Lipinski definition) is 4. The number of aromatic nitrogens is 1. The Morgan fingerprint density at radius 3 is 2.52 bits per heavy atom. The summed E-state index contributed by atoms with van der Waals surface area (Å²) in [6, 6.07) is 10.3. The Morgan fingerprint density at radius 2 is 1.85 bits per heavy atom. The molecular weight excluding hydrogens is 435 g/mol. The molecule has 1 aliphatic rings. The fourth-order valence-corrected chi connectivity index (χ4v) is 3.97. The minimum Gasteiger partial charge on any atom is -0.388 e. The molecule has 4 rings (SSSR count). The predicted molar refractivity (Wildman–Crippen MR) is 117 cm³/mol. The van der Waals surface area contributed by atoms with Gasteiger partial charge in [0, 0.05) is 18.1 Å². The lowest BCUT2D eigenvalue weighted by Crippen LogP contribution is -2.47. The zero-order valence-corrected chi connectivity index (χ0v) is 18.2. The number of aliphatic hydroxyl groups is 1. The molecule has 2 aromatic carbocycles. The largest absolute Gasteiger partial charge is 0.418 e. The van der Waals surface area contributed by atoms with Crippen LogP contribution in [-0.2, 0) is 12.7 Å². The first kappa shape index (κ1) is 22.7. The average Bonchev–Trinajstić information content (AvgIpc) is 3.08. The molecule has 0 fully saturated rings. The van der Waals surface area contributed by atoms with Crippen molar-refractivity contribution < 1.29 is 27.9 Å². The van der Waals surface area contributed by atoms with Gasteiger partial charge >= 0.3 is 6.18 Å². The van der Waals surface area contributed by atoms with Crippen LogP contribution in [-0.4, -0.2) is 38.4 Å². The Labute approximate surface area is 188 Å². The Balaban J connectivity index is 1.76. The third kappa shape index (κ3) is 4.04. The summed E-state index contributed by atoms with van der Waals surface area (Å²) in [5.41, 5.74) is -1.71. The number of para-hydroxylation sites is 1. The van der Waals surface area contributed by atoms with Crippen molar-refractivity contribution >= 4 is 28.4 Å². The number of benzene rings is 2. The number of carbonyl (C=O) groups excluding carboxylic acids is 2. The highest BCUT2D eigenvalue weighted by molar-refractivity contribution is 6.16. The zero-order valence-electron chi connectivity index (χ0n) is 18.2. The summed E-state index contributed by atoms with van der Waals surface area (Å²) in [6.45, 7) is 5.10. The summed E-state index contributed by atoms with van der Waals surface area (Å²) < 4.78 is 41.1. The van der Waals surface area contributed by atoms with Gasteiger partial charge in [-0.05, 0) is 38.5 Å². The number of fused-ring (bicyclic) bond motifs is 2. The molecule has 1 aliphatic heterocycles. The van der Waals surface area contributed by atoms with Gasteiger partial charge in [-0.2, -0.15) is 13.2 Å². The summed E-state index contributed by atoms with van der Waals surface area (Å²) in [7, 11) is 0. The van der Waals surface area contributed by atoms with Crippen LogP contribution in [0.3, 0.4) is 0 Å². The van der Waals surface area contributed by atoms with Crippen LogP contribution in [0, 0.1) is 0 Å². The Hall–Kier alpha value is -3.46. The van der Waals surface area contributed by atoms with E-state index in [-0.39, 0.29) is 28.7 Å². The number of nitrogens with zero attached hydrogens (tertiary/aromatic N) is 2. The lowest BCUT2D eigenvalue weighted by molar-refractivity contribution is -0.138. The molecule has 0 aliphatic carbocycles. The zero-order chi connectivity index (χ0) is 24.1. The first-order valence-electron chi connectivity index (χ1n) is 10.3. The molecule has 0 saturated carbocycles. The topological polar surface area (TPSA) is 82.5 Å². The van der Waals surface area contributed by atoms with Crippen LogP contribution in [0.4, 0.5) is 18.9 Å². The van der Waals surface area contributed by atoms with Crippen molar-refractivity contribution in [2.75, 3.05) is 5.32 Å². The Morgan fingerprint density at radius 1 is 1.15 bits per heavy atom. The lowest BCUT2D eigenvalue weighted by atomic mass is 9.99. The molecule has 2 amide bonds. The number of hydrogen-bond donors (Lipinski definition) is 2. The van der Waals surface area contributed by atoms with E-state index < -0.39 is 40.8 Å². The molecule has 1 aromatic heterocycles. The minimum atomic E-state index is -4.79. The summed E-state index contributed by atoms with van der Waals surface area (Å²) in [5.74, 6) is -1.40. The number of amides is 2. The van der Waals surface area contributed by atoms with Gasteiger partial charge in [-0.15, -0.1) is 0 Å². The first-order valence-corrected chi connectivity index (χ1v) is 10.3. The van der Waals surface area contributed by atoms with Gasteiger partial charge in [-0.25, -0.2) is 0 Å². The number of alkyl halides is 3. The van der Waals surface area contributed by atoms with Crippen molar-refractivity contribution in [3.8, 4) is 0 Å². The molecule has 3 aromatic rings. The van der Waals surface area contributed by atoms with Crippen molar-refractivity contribution in [1.82, 2.24) is 9.88 Å². The van der Waals surface area contributed by atoms with Gasteiger partial charge in [0.25, 0.3) is 11.8 Å². The predicted octanol–water partition coefficient (Wildman–Crippen LogP) is 4.62. The van der Waals surface area contributed by atoms with Gasteiger partial charge in [0.1, 0.15) is 0 Å². The molecular formula is C24H22F3N3O3. The van der Waals surface area contributed by atoms with Gasteiger partial charge in [0.15, 0.2) is 0 Å². The normalized spacial score (nSPS) is 15.0. The monoisotopic (exact) mass is 457 g/mol. The van der Waals surface area contributed by atoms with Gasteiger partial charge in [0.05, 0.1) is 39.5 Å². The van der Waals surface area contributed by atoms with E-state index in [0.29, 0.717) is 11.8 Å². The minimum absolute atomic E-state index is 0.0565. The van der Waals surface area contributed by atoms with E-state index in [4.69, 9.17) is 0 Å². The third-order valence-electron chi connectivity index (χ3n) is 6.01. The molecule has 33 heavy (non-hydrogen) atoms. The molecule has 6 nitrogen and oxygen atoms in total. The average molecular weight is 457 g/mol. The highest BCUT2D eigenvalue weighted by Crippen LogP contribution is 2.37. The fraction of sp³-hybridized carbons (Fsp3) is 0.292. The third-order valence-corrected chi connectivity index (χ3v) is 6.01. The van der Waals surface area contributed by atoms with E-state index in [1.54, 1.807) is 39.0 Å². The molecule has 0 saturated heterocycles. The quantitative estimate of drug-likeness (QED) is 0.599. The SMILES string of the molecule is C[C@@H](N1Cc2cccc(NC(=O)c3c(C(F)(F)F)cnc4ccccc34)c2C1=O)C(C)(C)O. The molecule has 9 heteroatoms. The Bertz CT molecular complexity index is 1270. The van der Waals surface area contributed by atoms with Gasteiger partial charge in [0.2, 0.25) is 0 Å². The maximum atomic E-state index is 13.7. The van der Waals surface area contributed by atoms with E-state index in [0.717, 1.165) is 0 Å². The van der Waals surface area contributed by atoms with Crippen molar-refractivity contribution in [2.45, 2.75) is 45.1 Å². The van der Waals surface area contributed by atoms with Crippen molar-refractivity contribution in [3.05, 3.63) is 70.9 Å². The number of anilines is 1. The summed E-state index contributed by atoms with van der Waals surface area (Å²) in [6.07, 6.45) is -4.15. The van der Waals surface area contributed by atoms with Gasteiger partial charge in [-0.1, -0.05) is 30.3 Å². The molecule has 0 unspecified atom stereocenters. The van der Waals surface area contributed by atoms with Crippen molar-refractivity contribution in [2.24, 2.45) is 0 Å². The van der Waals surface area contributed by atoms with Crippen LogP contribution in [0.25, 0.3) is 10.9 Å². The van der Waals surface area contributed by atoms with Gasteiger partial charge in [-0.3, -0.25) is 14.6 Å². The number of rotatable bonds is 4. The molecule has 172 valence electrons. The lowest BCUT2D eigenvalue weighted by Gasteiger charge is -2.33. The van der Waals surface area contributed by atoms with E-state index in [2.05, 4.69) is 10.3 Å². The van der Waals surface area contributed by atoms with Gasteiger partial charge < -0.3 is 15.3 Å². The highest BCUT2D eigenvalue weighted by Gasteiger charge is 2.40. The van der Waals surface area contributed by atoms with E-state index in [1.165, 1.54) is 29.2 Å². The van der Waals surface area contributed by atoms with Crippen molar-refractivity contribution in [3.63, 3.8) is 0 Å². The number of nitrogens with one attached hydrogen (secondary N) is 1. The molecule has 0 bridgehead atoms. The van der Waals surface area contributed by atoms with E-state index in [1.807, 2.05) is 0 Å². The second-order valence-corrected chi connectivity index (χ2v) is 8.62. The van der Waals surface area contributed by atoms with E-state index >= 15 is 0 Å². The highest BCUT2D eigenvalue weighted by atomic mass is 19.4. The molecule has 2 heterocycles. The maximum absolute atomic E-state index is 13.7. The number of pyridine rings is 1. The van der Waals surface area contributed by atoms with Crippen LogP contribution >= 0.6 is 0 Å². The van der Waals surface area contributed by atoms with Crippen LogP contribution in [0.5, 0.6) is 0 Å². The second kappa shape index (κ2) is 7.84. The molecule has 0 radical (unpaired) electrons. The van der Waals surface area contributed by atoms with Crippen LogP contribution in [0.2, 0.25) is 0 Å². The maximum Gasteiger partial charge on any atom is 0.418 e. The van der Waals surface area contributed by atoms with E-state index in [9.17, 15) is 27.9 Å². The molecule has 1 atom stereocenters. The molecule has 2 N–H and O–H groups in total. The summed E-state index contributed by atoms with van der Waals surface area (Å²) >= 11 is 0. The standard InChI is InChI=1S/C24H22F3N3O3/c1-13(23(2,3)33)30-12-14-7-6-10-18(19(14)22(30)32)29-21(31)20-15-8-4-5-9-17(15)28-11-16(20)24(25,26)27/h4-11,13,33H,12H2,1-3H3,(H,29,31)/t13-/m1/s1. The smallest absolute Gasteiger partial charge is 0.388 e. The molecule has 0 spiro atoms. The number of carbonyl (C=O) groups is 2. The summed E-state index contributed by atoms with van der Waals surface area (Å²) in [4.78, 5) is 31.6. The number of halogens is 3. The van der Waals surface area contributed by atoms with Crippen molar-refractivity contribution in [1.29, 1.82) is 0 Å². The van der Waals surface area contributed by atoms with Crippen LogP contribution in [0.15, 0.2) is 48.7 Å². The summed E-state index contributed by atoms with van der Waals surface area (Å²) in [5, 5.41) is 12.9. The van der Waals surface area contributed by atoms with Crippen LogP contribution in [0.1, 0.15) is 52.6 Å². The second-order valence-electron chi connectivity index (χ2n) is 8.62. The Kier molecular flexibility index (Phi) is 5.40.